The molecule has 0 bridgehead atoms. The van der Waals surface area contributed by atoms with E-state index in [0.717, 1.165) is 32.0 Å². The molecule has 0 saturated carbocycles. The van der Waals surface area contributed by atoms with Crippen molar-refractivity contribution in [3.05, 3.63) is 35.1 Å². The second-order valence-corrected chi connectivity index (χ2v) is 7.05. The third-order valence-electron chi connectivity index (χ3n) is 3.27. The topological polar surface area (TPSA) is 68.0 Å². The van der Waals surface area contributed by atoms with Crippen molar-refractivity contribution in [1.29, 1.82) is 0 Å². The van der Waals surface area contributed by atoms with Gasteiger partial charge in [-0.25, -0.2) is 0 Å². The molecule has 3 rings (SSSR count). The number of amides is 1. The number of furan rings is 1. The van der Waals surface area contributed by atoms with Gasteiger partial charge in [0.25, 0.3) is 0 Å². The van der Waals surface area contributed by atoms with Crippen molar-refractivity contribution in [2.75, 3.05) is 11.6 Å². The van der Waals surface area contributed by atoms with Crippen LogP contribution in [0.1, 0.15) is 16.7 Å². The Balaban J connectivity index is 1.79. The van der Waals surface area contributed by atoms with Crippen molar-refractivity contribution in [2.24, 2.45) is 0 Å². The Morgan fingerprint density at radius 3 is 2.91 bits per heavy atom. The van der Waals surface area contributed by atoms with Gasteiger partial charge in [-0.15, -0.1) is 10.2 Å². The second-order valence-electron chi connectivity index (χ2n) is 5.02. The Bertz CT molecular complexity index is 839. The zero-order chi connectivity index (χ0) is 15.7. The first-order chi connectivity index (χ1) is 10.6. The Morgan fingerprint density at radius 1 is 1.36 bits per heavy atom. The highest BCUT2D eigenvalue weighted by Crippen LogP contribution is 2.27. The van der Waals surface area contributed by atoms with Crippen molar-refractivity contribution < 1.29 is 9.21 Å². The summed E-state index contributed by atoms with van der Waals surface area (Å²) in [6.45, 7) is 4.06. The summed E-state index contributed by atoms with van der Waals surface area (Å²) in [7, 11) is 0. The lowest BCUT2D eigenvalue weighted by molar-refractivity contribution is -0.115. The fraction of sp³-hybridized carbons (Fsp3) is 0.267. The minimum absolute atomic E-state index is 0.119. The van der Waals surface area contributed by atoms with Gasteiger partial charge in [0, 0.05) is 10.9 Å². The van der Waals surface area contributed by atoms with Crippen molar-refractivity contribution >= 4 is 45.1 Å². The number of rotatable bonds is 4. The molecule has 0 fully saturated rings. The van der Waals surface area contributed by atoms with Gasteiger partial charge >= 0.3 is 0 Å². The summed E-state index contributed by atoms with van der Waals surface area (Å²) in [5.74, 6) is -0.119. The quantitative estimate of drug-likeness (QED) is 0.581. The number of nitrogens with one attached hydrogen (secondary N) is 1. The van der Waals surface area contributed by atoms with Crippen molar-refractivity contribution in [1.82, 2.24) is 10.2 Å². The summed E-state index contributed by atoms with van der Waals surface area (Å²) in [6, 6.07) is 4.08. The first-order valence-corrected chi connectivity index (χ1v) is 8.75. The van der Waals surface area contributed by atoms with Crippen LogP contribution in [0, 0.1) is 13.8 Å². The molecule has 1 amide bonds. The lowest BCUT2D eigenvalue weighted by Gasteiger charge is -2.02. The summed E-state index contributed by atoms with van der Waals surface area (Å²) in [5.41, 5.74) is 3.97. The van der Waals surface area contributed by atoms with Gasteiger partial charge in [-0.2, -0.15) is 0 Å². The van der Waals surface area contributed by atoms with Crippen LogP contribution in [0.5, 0.6) is 0 Å². The zero-order valence-corrected chi connectivity index (χ0v) is 14.1. The molecule has 3 aromatic rings. The number of carbonyl (C=O) groups is 1. The molecule has 114 valence electrons. The van der Waals surface area contributed by atoms with Crippen LogP contribution in [-0.4, -0.2) is 22.4 Å². The first-order valence-electron chi connectivity index (χ1n) is 6.71. The highest BCUT2D eigenvalue weighted by molar-refractivity contribution is 8.00. The van der Waals surface area contributed by atoms with E-state index >= 15 is 0 Å². The average molecular weight is 333 g/mol. The molecule has 0 atom stereocenters. The molecule has 0 aliphatic heterocycles. The lowest BCUT2D eigenvalue weighted by Crippen LogP contribution is -2.14. The van der Waals surface area contributed by atoms with E-state index in [-0.39, 0.29) is 12.3 Å². The first kappa shape index (κ1) is 15.1. The van der Waals surface area contributed by atoms with E-state index in [1.54, 1.807) is 6.26 Å². The maximum absolute atomic E-state index is 12.2. The van der Waals surface area contributed by atoms with Gasteiger partial charge in [-0.3, -0.25) is 4.79 Å². The fourth-order valence-corrected chi connectivity index (χ4v) is 3.62. The van der Waals surface area contributed by atoms with E-state index in [1.807, 2.05) is 26.2 Å². The molecule has 5 nitrogen and oxygen atoms in total. The lowest BCUT2D eigenvalue weighted by atomic mass is 10.0. The average Bonchev–Trinajstić information content (AvgIpc) is 3.06. The van der Waals surface area contributed by atoms with Crippen LogP contribution in [0.4, 0.5) is 5.13 Å². The molecule has 1 aromatic carbocycles. The predicted octanol–water partition coefficient (Wildman–Crippen LogP) is 3.80. The second kappa shape index (κ2) is 6.10. The minimum atomic E-state index is -0.119. The van der Waals surface area contributed by atoms with Gasteiger partial charge in [0.15, 0.2) is 4.34 Å². The van der Waals surface area contributed by atoms with Crippen LogP contribution in [0.3, 0.4) is 0 Å². The van der Waals surface area contributed by atoms with Gasteiger partial charge < -0.3 is 9.73 Å². The van der Waals surface area contributed by atoms with Gasteiger partial charge in [0.05, 0.1) is 12.7 Å². The van der Waals surface area contributed by atoms with Gasteiger partial charge in [0.1, 0.15) is 5.58 Å². The highest BCUT2D eigenvalue weighted by atomic mass is 32.2. The number of carbonyl (C=O) groups excluding carboxylic acids is 1. The summed E-state index contributed by atoms with van der Waals surface area (Å²) in [4.78, 5) is 12.2. The molecular formula is C15H15N3O2S2. The normalized spacial score (nSPS) is 11.0. The number of hydrogen-bond acceptors (Lipinski definition) is 6. The van der Waals surface area contributed by atoms with Crippen LogP contribution in [-0.2, 0) is 11.2 Å². The minimum Gasteiger partial charge on any atom is -0.464 e. The molecule has 2 heterocycles. The number of anilines is 1. The molecule has 2 aromatic heterocycles. The van der Waals surface area contributed by atoms with E-state index in [9.17, 15) is 4.79 Å². The third kappa shape index (κ3) is 3.00. The summed E-state index contributed by atoms with van der Waals surface area (Å²) >= 11 is 2.87. The number of aromatic nitrogens is 2. The molecule has 0 saturated heterocycles. The number of nitrogens with zero attached hydrogens (tertiary/aromatic N) is 2. The molecule has 0 aliphatic rings. The van der Waals surface area contributed by atoms with Crippen molar-refractivity contribution in [3.63, 3.8) is 0 Å². The predicted molar refractivity (Wildman–Crippen MR) is 89.7 cm³/mol. The molecule has 7 heteroatoms. The Morgan fingerprint density at radius 2 is 2.18 bits per heavy atom. The zero-order valence-electron chi connectivity index (χ0n) is 12.5. The maximum atomic E-state index is 12.2. The molecule has 22 heavy (non-hydrogen) atoms. The van der Waals surface area contributed by atoms with Crippen LogP contribution in [0.2, 0.25) is 0 Å². The Kier molecular flexibility index (Phi) is 4.17. The van der Waals surface area contributed by atoms with E-state index in [0.29, 0.717) is 5.13 Å². The van der Waals surface area contributed by atoms with Crippen LogP contribution < -0.4 is 5.32 Å². The Hall–Kier alpha value is -1.86. The summed E-state index contributed by atoms with van der Waals surface area (Å²) in [6.07, 6.45) is 3.84. The number of benzene rings is 1. The van der Waals surface area contributed by atoms with Crippen molar-refractivity contribution in [2.45, 2.75) is 24.6 Å². The van der Waals surface area contributed by atoms with Crippen LogP contribution >= 0.6 is 23.1 Å². The number of aryl methyl sites for hydroxylation is 2. The number of thioether (sulfide) groups is 1. The molecular weight excluding hydrogens is 318 g/mol. The standard InChI is InChI=1S/C15H15N3O2S2/c1-8-4-9(2)13-10(7-20-11(13)5-8)6-12(19)16-14-17-18-15(21-3)22-14/h4-5,7H,6H2,1-3H3,(H,16,17,19). The molecule has 0 aliphatic carbocycles. The van der Waals surface area contributed by atoms with Crippen molar-refractivity contribution in [3.8, 4) is 0 Å². The largest absolute Gasteiger partial charge is 0.464 e. The summed E-state index contributed by atoms with van der Waals surface area (Å²) in [5, 5.41) is 12.2. The molecule has 1 N–H and O–H groups in total. The van der Waals surface area contributed by atoms with Gasteiger partial charge in [0.2, 0.25) is 11.0 Å². The SMILES string of the molecule is CSc1nnc(NC(=O)Cc2coc3cc(C)cc(C)c23)s1. The number of hydrogen-bond donors (Lipinski definition) is 1. The summed E-state index contributed by atoms with van der Waals surface area (Å²) < 4.78 is 6.40. The van der Waals surface area contributed by atoms with E-state index in [4.69, 9.17) is 4.42 Å². The van der Waals surface area contributed by atoms with E-state index in [1.165, 1.54) is 23.1 Å². The van der Waals surface area contributed by atoms with Gasteiger partial charge in [-0.1, -0.05) is 29.2 Å². The van der Waals surface area contributed by atoms with Gasteiger partial charge in [-0.05, 0) is 37.3 Å². The fourth-order valence-electron chi connectivity index (χ4n) is 2.44. The molecule has 0 radical (unpaired) electrons. The van der Waals surface area contributed by atoms with E-state index < -0.39 is 0 Å². The monoisotopic (exact) mass is 333 g/mol. The third-order valence-corrected chi connectivity index (χ3v) is 5.09. The molecule has 0 spiro atoms. The van der Waals surface area contributed by atoms with E-state index in [2.05, 4.69) is 21.6 Å². The smallest absolute Gasteiger partial charge is 0.230 e. The maximum Gasteiger partial charge on any atom is 0.230 e. The Labute approximate surface area is 136 Å². The highest BCUT2D eigenvalue weighted by Gasteiger charge is 2.14. The number of fused-ring (bicyclic) bond motifs is 1. The van der Waals surface area contributed by atoms with Crippen LogP contribution in [0.15, 0.2) is 27.2 Å². The molecule has 0 unspecified atom stereocenters. The van der Waals surface area contributed by atoms with Crippen LogP contribution in [0.25, 0.3) is 11.0 Å².